The summed E-state index contributed by atoms with van der Waals surface area (Å²) in [5, 5.41) is 0.848. The van der Waals surface area contributed by atoms with E-state index in [-0.39, 0.29) is 23.8 Å². The molecule has 2 unspecified atom stereocenters. The van der Waals surface area contributed by atoms with Crippen molar-refractivity contribution in [1.29, 1.82) is 0 Å². The SMILES string of the molecule is Cc1ccc2c(c1)[C@@H](F)C(F)C(CCc1cc3ccc(I)cc3c(F)c1F)C2. The smallest absolute Gasteiger partial charge is 0.166 e. The van der Waals surface area contributed by atoms with Gasteiger partial charge in [0, 0.05) is 8.96 Å². The third-order valence-corrected chi connectivity index (χ3v) is 6.32. The Labute approximate surface area is 175 Å². The minimum absolute atomic E-state index is 0.170. The molecular formula is C23H19F4I. The Morgan fingerprint density at radius 2 is 1.79 bits per heavy atom. The summed E-state index contributed by atoms with van der Waals surface area (Å²) < 4.78 is 59.1. The van der Waals surface area contributed by atoms with Crippen LogP contribution in [-0.2, 0) is 12.8 Å². The second-order valence-electron chi connectivity index (χ2n) is 7.58. The van der Waals surface area contributed by atoms with E-state index in [0.717, 1.165) is 14.7 Å². The molecule has 0 aliphatic heterocycles. The molecular weight excluding hydrogens is 479 g/mol. The van der Waals surface area contributed by atoms with Crippen molar-refractivity contribution in [2.24, 2.45) is 5.92 Å². The Bertz CT molecular complexity index is 1050. The molecule has 0 saturated heterocycles. The van der Waals surface area contributed by atoms with Crippen molar-refractivity contribution in [3.8, 4) is 0 Å². The number of halogens is 5. The highest BCUT2D eigenvalue weighted by atomic mass is 127. The summed E-state index contributed by atoms with van der Waals surface area (Å²) in [5.41, 5.74) is 2.33. The van der Waals surface area contributed by atoms with Gasteiger partial charge in [-0.25, -0.2) is 17.6 Å². The normalized spacial score (nSPS) is 21.7. The molecule has 0 amide bonds. The first-order valence-corrected chi connectivity index (χ1v) is 10.4. The molecule has 5 heteroatoms. The first-order valence-electron chi connectivity index (χ1n) is 9.29. The molecule has 0 radical (unpaired) electrons. The first-order chi connectivity index (χ1) is 13.3. The van der Waals surface area contributed by atoms with Gasteiger partial charge in [-0.05, 0) is 95.0 Å². The highest BCUT2D eigenvalue weighted by Gasteiger charge is 2.37. The number of alkyl halides is 2. The van der Waals surface area contributed by atoms with E-state index < -0.39 is 29.9 Å². The highest BCUT2D eigenvalue weighted by Crippen LogP contribution is 2.40. The molecule has 0 bridgehead atoms. The van der Waals surface area contributed by atoms with E-state index in [2.05, 4.69) is 22.6 Å². The minimum atomic E-state index is -1.67. The number of fused-ring (bicyclic) bond motifs is 2. The monoisotopic (exact) mass is 498 g/mol. The lowest BCUT2D eigenvalue weighted by Gasteiger charge is -2.31. The maximum atomic E-state index is 14.7. The van der Waals surface area contributed by atoms with Crippen molar-refractivity contribution in [3.05, 3.63) is 79.9 Å². The van der Waals surface area contributed by atoms with E-state index in [1.807, 2.05) is 25.1 Å². The second-order valence-corrected chi connectivity index (χ2v) is 8.83. The molecule has 0 fully saturated rings. The molecule has 1 aliphatic carbocycles. The Hall–Kier alpha value is -1.63. The molecule has 0 heterocycles. The second kappa shape index (κ2) is 7.65. The first kappa shape index (κ1) is 19.7. The fourth-order valence-electron chi connectivity index (χ4n) is 4.10. The Morgan fingerprint density at radius 3 is 2.57 bits per heavy atom. The van der Waals surface area contributed by atoms with Crippen LogP contribution in [0.25, 0.3) is 10.8 Å². The molecule has 0 saturated carbocycles. The van der Waals surface area contributed by atoms with Crippen LogP contribution in [0.4, 0.5) is 17.6 Å². The van der Waals surface area contributed by atoms with Gasteiger partial charge in [0.15, 0.2) is 17.8 Å². The van der Waals surface area contributed by atoms with E-state index in [1.165, 1.54) is 0 Å². The summed E-state index contributed by atoms with van der Waals surface area (Å²) in [7, 11) is 0. The lowest BCUT2D eigenvalue weighted by molar-refractivity contribution is 0.0917. The maximum absolute atomic E-state index is 14.7. The van der Waals surface area contributed by atoms with Gasteiger partial charge < -0.3 is 0 Å². The van der Waals surface area contributed by atoms with E-state index in [1.54, 1.807) is 24.3 Å². The van der Waals surface area contributed by atoms with Crippen LogP contribution in [0.2, 0.25) is 0 Å². The summed E-state index contributed by atoms with van der Waals surface area (Å²) in [6.07, 6.45) is -2.46. The topological polar surface area (TPSA) is 0 Å². The standard InChI is InChI=1S/C23H19F4I/c1-12-2-3-13-9-15(20(24)22(26)18(13)8-12)4-5-16-10-14-6-7-17(28)11-19(14)23(27)21(16)25/h2-3,6-8,10-11,15,20,22H,4-5,9H2,1H3/t15?,20?,22-/m1/s1. The van der Waals surface area contributed by atoms with Crippen LogP contribution in [0.5, 0.6) is 0 Å². The van der Waals surface area contributed by atoms with Crippen LogP contribution in [0.3, 0.4) is 0 Å². The van der Waals surface area contributed by atoms with Crippen LogP contribution in [-0.4, -0.2) is 6.17 Å². The van der Waals surface area contributed by atoms with Gasteiger partial charge in [-0.1, -0.05) is 29.8 Å². The molecule has 3 aromatic rings. The van der Waals surface area contributed by atoms with Gasteiger partial charge in [0.25, 0.3) is 0 Å². The molecule has 28 heavy (non-hydrogen) atoms. The summed E-state index contributed by atoms with van der Waals surface area (Å²) in [6.45, 7) is 1.85. The van der Waals surface area contributed by atoms with Crippen molar-refractivity contribution in [1.82, 2.24) is 0 Å². The van der Waals surface area contributed by atoms with Crippen LogP contribution >= 0.6 is 22.6 Å². The van der Waals surface area contributed by atoms with Gasteiger partial charge in [-0.15, -0.1) is 0 Å². The van der Waals surface area contributed by atoms with Crippen LogP contribution in [0, 0.1) is 28.0 Å². The Morgan fingerprint density at radius 1 is 1.00 bits per heavy atom. The molecule has 1 aliphatic rings. The summed E-state index contributed by atoms with van der Waals surface area (Å²) in [4.78, 5) is 0. The average molecular weight is 498 g/mol. The zero-order valence-electron chi connectivity index (χ0n) is 15.3. The fourth-order valence-corrected chi connectivity index (χ4v) is 4.59. The van der Waals surface area contributed by atoms with Crippen molar-refractivity contribution in [3.63, 3.8) is 0 Å². The predicted octanol–water partition coefficient (Wildman–Crippen LogP) is 7.18. The predicted molar refractivity (Wildman–Crippen MR) is 112 cm³/mol. The van der Waals surface area contributed by atoms with E-state index in [9.17, 15) is 17.6 Å². The van der Waals surface area contributed by atoms with Gasteiger partial charge in [0.05, 0.1) is 0 Å². The summed E-state index contributed by atoms with van der Waals surface area (Å²) >= 11 is 2.05. The summed E-state index contributed by atoms with van der Waals surface area (Å²) in [5.74, 6) is -2.33. The average Bonchev–Trinajstić information content (AvgIpc) is 2.68. The van der Waals surface area contributed by atoms with Gasteiger partial charge >= 0.3 is 0 Å². The van der Waals surface area contributed by atoms with Crippen molar-refractivity contribution >= 4 is 33.4 Å². The molecule has 0 spiro atoms. The van der Waals surface area contributed by atoms with Crippen molar-refractivity contribution in [2.75, 3.05) is 0 Å². The van der Waals surface area contributed by atoms with Gasteiger partial charge in [-0.3, -0.25) is 0 Å². The third kappa shape index (κ3) is 3.53. The Kier molecular flexibility index (Phi) is 5.38. The lowest BCUT2D eigenvalue weighted by Crippen LogP contribution is -2.30. The quantitative estimate of drug-likeness (QED) is 0.265. The fraction of sp³-hybridized carbons (Fsp3) is 0.304. The number of rotatable bonds is 3. The molecule has 3 aromatic carbocycles. The number of benzene rings is 3. The van der Waals surface area contributed by atoms with E-state index >= 15 is 0 Å². The van der Waals surface area contributed by atoms with Crippen LogP contribution in [0.15, 0.2) is 42.5 Å². The maximum Gasteiger partial charge on any atom is 0.166 e. The van der Waals surface area contributed by atoms with E-state index in [4.69, 9.17) is 0 Å². The molecule has 3 atom stereocenters. The Balaban J connectivity index is 1.58. The number of aryl methyl sites for hydroxylation is 2. The van der Waals surface area contributed by atoms with Crippen LogP contribution < -0.4 is 0 Å². The van der Waals surface area contributed by atoms with Crippen molar-refractivity contribution < 1.29 is 17.6 Å². The summed E-state index contributed by atoms with van der Waals surface area (Å²) in [6, 6.07) is 12.2. The van der Waals surface area contributed by atoms with E-state index in [0.29, 0.717) is 17.4 Å². The van der Waals surface area contributed by atoms with Gasteiger partial charge in [-0.2, -0.15) is 0 Å². The molecule has 146 valence electrons. The molecule has 0 nitrogen and oxygen atoms in total. The van der Waals surface area contributed by atoms with Gasteiger partial charge in [0.2, 0.25) is 0 Å². The highest BCUT2D eigenvalue weighted by molar-refractivity contribution is 14.1. The minimum Gasteiger partial charge on any atom is -0.244 e. The van der Waals surface area contributed by atoms with Gasteiger partial charge in [0.1, 0.15) is 6.17 Å². The molecule has 0 N–H and O–H groups in total. The largest absolute Gasteiger partial charge is 0.244 e. The third-order valence-electron chi connectivity index (χ3n) is 5.65. The number of hydrogen-bond donors (Lipinski definition) is 0. The lowest BCUT2D eigenvalue weighted by atomic mass is 9.78. The zero-order chi connectivity index (χ0) is 20.0. The number of hydrogen-bond acceptors (Lipinski definition) is 0. The van der Waals surface area contributed by atoms with Crippen LogP contribution in [0.1, 0.15) is 34.8 Å². The zero-order valence-corrected chi connectivity index (χ0v) is 17.4. The molecule has 0 aromatic heterocycles. The van der Waals surface area contributed by atoms with Crippen molar-refractivity contribution in [2.45, 2.75) is 38.5 Å². The molecule has 4 rings (SSSR count).